The van der Waals surface area contributed by atoms with Crippen molar-refractivity contribution in [3.05, 3.63) is 68.8 Å². The van der Waals surface area contributed by atoms with Crippen molar-refractivity contribution in [3.8, 4) is 11.5 Å². The molecule has 6 nitrogen and oxygen atoms in total. The Morgan fingerprint density at radius 1 is 1.10 bits per heavy atom. The Balaban J connectivity index is 1.94. The van der Waals surface area contributed by atoms with E-state index in [0.717, 1.165) is 34.3 Å². The number of rotatable bonds is 5. The van der Waals surface area contributed by atoms with Gasteiger partial charge >= 0.3 is 0 Å². The Morgan fingerprint density at radius 3 is 2.50 bits per heavy atom. The van der Waals surface area contributed by atoms with Gasteiger partial charge in [0.25, 0.3) is 0 Å². The van der Waals surface area contributed by atoms with E-state index < -0.39 is 0 Å². The molecule has 0 spiro atoms. The molecule has 3 heterocycles. The van der Waals surface area contributed by atoms with Crippen LogP contribution in [0.1, 0.15) is 34.7 Å². The number of anilines is 1. The molecule has 4 rings (SSSR count). The minimum atomic E-state index is -0.114. The molecule has 0 bridgehead atoms. The molecule has 1 aliphatic heterocycles. The SMILES string of the molecule is COc1ccc(OC)c(N2C(=S)N[C@H](c3ccccn3)[C@@H]2c2c(C)[nH]c(C)c2I)c1. The van der Waals surface area contributed by atoms with Crippen LogP contribution >= 0.6 is 34.8 Å². The maximum Gasteiger partial charge on any atom is 0.174 e. The molecule has 1 aliphatic rings. The summed E-state index contributed by atoms with van der Waals surface area (Å²) < 4.78 is 12.4. The number of nitrogens with one attached hydrogen (secondary N) is 2. The number of thiocarbonyl (C=S) groups is 1. The van der Waals surface area contributed by atoms with Crippen LogP contribution < -0.4 is 19.7 Å². The standard InChI is InChI=1S/C22H23IN4O2S/c1-12-18(19(23)13(2)25-12)21-20(15-7-5-6-10-24-15)26-22(30)27(21)16-11-14(28-3)8-9-17(16)29-4/h5-11,20-21,25H,1-4H3,(H,26,30)/t20-,21+/m1/s1. The molecule has 3 aromatic rings. The van der Waals surface area contributed by atoms with Gasteiger partial charge in [0, 0.05) is 32.8 Å². The van der Waals surface area contributed by atoms with Gasteiger partial charge < -0.3 is 24.7 Å². The van der Waals surface area contributed by atoms with Crippen molar-refractivity contribution in [2.24, 2.45) is 0 Å². The minimum Gasteiger partial charge on any atom is -0.497 e. The smallest absolute Gasteiger partial charge is 0.174 e. The first-order valence-corrected chi connectivity index (χ1v) is 11.0. The summed E-state index contributed by atoms with van der Waals surface area (Å²) in [5, 5.41) is 4.12. The number of H-pyrrole nitrogens is 1. The second-order valence-corrected chi connectivity index (χ2v) is 8.60. The van der Waals surface area contributed by atoms with Crippen molar-refractivity contribution in [2.75, 3.05) is 19.1 Å². The maximum absolute atomic E-state index is 5.84. The Hall–Kier alpha value is -2.33. The van der Waals surface area contributed by atoms with Gasteiger partial charge in [-0.05, 0) is 72.9 Å². The average Bonchev–Trinajstić information content (AvgIpc) is 3.22. The minimum absolute atomic E-state index is 0.106. The van der Waals surface area contributed by atoms with Gasteiger partial charge in [-0.2, -0.15) is 0 Å². The summed E-state index contributed by atoms with van der Waals surface area (Å²) in [6.07, 6.45) is 1.81. The molecule has 0 aliphatic carbocycles. The highest BCUT2D eigenvalue weighted by molar-refractivity contribution is 14.1. The quantitative estimate of drug-likeness (QED) is 0.362. The summed E-state index contributed by atoms with van der Waals surface area (Å²) in [4.78, 5) is 10.2. The molecule has 1 aromatic carbocycles. The second kappa shape index (κ2) is 8.43. The van der Waals surface area contributed by atoms with Gasteiger partial charge in [-0.1, -0.05) is 6.07 Å². The summed E-state index contributed by atoms with van der Waals surface area (Å²) in [6, 6.07) is 11.5. The zero-order chi connectivity index (χ0) is 21.4. The summed E-state index contributed by atoms with van der Waals surface area (Å²) >= 11 is 8.24. The van der Waals surface area contributed by atoms with E-state index in [-0.39, 0.29) is 12.1 Å². The number of nitrogens with zero attached hydrogens (tertiary/aromatic N) is 2. The van der Waals surface area contributed by atoms with E-state index in [1.807, 2.05) is 42.6 Å². The van der Waals surface area contributed by atoms with E-state index in [4.69, 9.17) is 21.7 Å². The topological polar surface area (TPSA) is 62.4 Å². The van der Waals surface area contributed by atoms with Gasteiger partial charge in [0.15, 0.2) is 5.11 Å². The lowest BCUT2D eigenvalue weighted by atomic mass is 9.96. The molecule has 0 unspecified atom stereocenters. The number of aromatic nitrogens is 2. The van der Waals surface area contributed by atoms with E-state index in [2.05, 4.69) is 56.6 Å². The molecule has 156 valence electrons. The molecular formula is C22H23IN4O2S. The molecule has 8 heteroatoms. The van der Waals surface area contributed by atoms with Gasteiger partial charge in [-0.25, -0.2) is 0 Å². The van der Waals surface area contributed by atoms with E-state index in [0.29, 0.717) is 5.11 Å². The van der Waals surface area contributed by atoms with Crippen LogP contribution in [0.2, 0.25) is 0 Å². The fourth-order valence-electron chi connectivity index (χ4n) is 4.01. The average molecular weight is 534 g/mol. The first-order chi connectivity index (χ1) is 14.5. The van der Waals surface area contributed by atoms with Crippen molar-refractivity contribution >= 4 is 45.6 Å². The highest BCUT2D eigenvalue weighted by Gasteiger charge is 2.44. The molecule has 0 amide bonds. The molecular weight excluding hydrogens is 511 g/mol. The highest BCUT2D eigenvalue weighted by Crippen LogP contribution is 2.47. The van der Waals surface area contributed by atoms with Crippen LogP contribution in [-0.2, 0) is 0 Å². The largest absolute Gasteiger partial charge is 0.497 e. The number of benzene rings is 1. The number of aromatic amines is 1. The number of hydrogen-bond acceptors (Lipinski definition) is 4. The molecule has 0 radical (unpaired) electrons. The van der Waals surface area contributed by atoms with E-state index in [1.54, 1.807) is 14.2 Å². The van der Waals surface area contributed by atoms with Crippen molar-refractivity contribution < 1.29 is 9.47 Å². The van der Waals surface area contributed by atoms with Crippen molar-refractivity contribution in [3.63, 3.8) is 0 Å². The normalized spacial score (nSPS) is 18.4. The summed E-state index contributed by atoms with van der Waals surface area (Å²) in [7, 11) is 3.32. The molecule has 0 saturated carbocycles. The van der Waals surface area contributed by atoms with Gasteiger partial charge in [0.1, 0.15) is 11.5 Å². The Kier molecular flexibility index (Phi) is 5.88. The number of methoxy groups -OCH3 is 2. The van der Waals surface area contributed by atoms with Crippen LogP contribution in [0.25, 0.3) is 0 Å². The molecule has 30 heavy (non-hydrogen) atoms. The summed E-state index contributed by atoms with van der Waals surface area (Å²) in [6.45, 7) is 4.19. The fraction of sp³-hybridized carbons (Fsp3) is 0.273. The Morgan fingerprint density at radius 2 is 1.90 bits per heavy atom. The van der Waals surface area contributed by atoms with Crippen LogP contribution in [0.15, 0.2) is 42.6 Å². The van der Waals surface area contributed by atoms with Crippen molar-refractivity contribution in [2.45, 2.75) is 25.9 Å². The lowest BCUT2D eigenvalue weighted by Gasteiger charge is -2.29. The van der Waals surface area contributed by atoms with Gasteiger partial charge in [-0.3, -0.25) is 4.98 Å². The lowest BCUT2D eigenvalue weighted by Crippen LogP contribution is -2.30. The Labute approximate surface area is 195 Å². The maximum atomic E-state index is 5.84. The summed E-state index contributed by atoms with van der Waals surface area (Å²) in [5.41, 5.74) is 5.23. The van der Waals surface area contributed by atoms with E-state index in [9.17, 15) is 0 Å². The first-order valence-electron chi connectivity index (χ1n) is 9.53. The molecule has 2 atom stereocenters. The highest BCUT2D eigenvalue weighted by atomic mass is 127. The molecule has 2 N–H and O–H groups in total. The number of hydrogen-bond donors (Lipinski definition) is 2. The fourth-order valence-corrected chi connectivity index (χ4v) is 5.21. The number of halogens is 1. The van der Waals surface area contributed by atoms with Crippen LogP contribution in [0.3, 0.4) is 0 Å². The molecule has 1 fully saturated rings. The van der Waals surface area contributed by atoms with Gasteiger partial charge in [-0.15, -0.1) is 0 Å². The first kappa shape index (κ1) is 20.9. The monoisotopic (exact) mass is 534 g/mol. The predicted octanol–water partition coefficient (Wildman–Crippen LogP) is 4.83. The lowest BCUT2D eigenvalue weighted by molar-refractivity contribution is 0.403. The summed E-state index contributed by atoms with van der Waals surface area (Å²) in [5.74, 6) is 1.47. The van der Waals surface area contributed by atoms with Crippen LogP contribution in [0.4, 0.5) is 5.69 Å². The third-order valence-electron chi connectivity index (χ3n) is 5.38. The third kappa shape index (κ3) is 3.51. The molecule has 1 saturated heterocycles. The number of pyridine rings is 1. The van der Waals surface area contributed by atoms with Gasteiger partial charge in [0.05, 0.1) is 37.7 Å². The van der Waals surface area contributed by atoms with E-state index >= 15 is 0 Å². The van der Waals surface area contributed by atoms with Crippen molar-refractivity contribution in [1.29, 1.82) is 0 Å². The second-order valence-electron chi connectivity index (χ2n) is 7.14. The third-order valence-corrected chi connectivity index (χ3v) is 7.09. The Bertz CT molecular complexity index is 1090. The van der Waals surface area contributed by atoms with Crippen LogP contribution in [0, 0.1) is 17.4 Å². The van der Waals surface area contributed by atoms with E-state index in [1.165, 1.54) is 9.13 Å². The zero-order valence-corrected chi connectivity index (χ0v) is 20.2. The molecule has 2 aromatic heterocycles. The van der Waals surface area contributed by atoms with Crippen LogP contribution in [0.5, 0.6) is 11.5 Å². The predicted molar refractivity (Wildman–Crippen MR) is 130 cm³/mol. The number of ether oxygens (including phenoxy) is 2. The van der Waals surface area contributed by atoms with Crippen LogP contribution in [-0.4, -0.2) is 29.3 Å². The van der Waals surface area contributed by atoms with Crippen molar-refractivity contribution in [1.82, 2.24) is 15.3 Å². The van der Waals surface area contributed by atoms with Gasteiger partial charge in [0.2, 0.25) is 0 Å². The zero-order valence-electron chi connectivity index (χ0n) is 17.2. The number of aryl methyl sites for hydroxylation is 2.